The van der Waals surface area contributed by atoms with Gasteiger partial charge in [0.1, 0.15) is 5.75 Å². The summed E-state index contributed by atoms with van der Waals surface area (Å²) in [6, 6.07) is 19.9. The minimum atomic E-state index is 0.0322. The summed E-state index contributed by atoms with van der Waals surface area (Å²) in [5.74, 6) is 0.881. The lowest BCUT2D eigenvalue weighted by atomic mass is 10.1. The van der Waals surface area contributed by atoms with Crippen molar-refractivity contribution in [2.75, 3.05) is 14.2 Å². The van der Waals surface area contributed by atoms with Crippen molar-refractivity contribution in [1.82, 2.24) is 4.90 Å². The van der Waals surface area contributed by atoms with Gasteiger partial charge in [0.15, 0.2) is 0 Å². The summed E-state index contributed by atoms with van der Waals surface area (Å²) in [4.78, 5) is 14.3. The standard InChI is InChI=1S/C21H21NO2/c1-15-4-7-17(8-5-15)21(23)22(2)14-16-6-9-19-13-20(24-3)11-10-18(19)12-16/h4-13H,14H2,1-3H3. The minimum absolute atomic E-state index is 0.0322. The summed E-state index contributed by atoms with van der Waals surface area (Å²) >= 11 is 0. The van der Waals surface area contributed by atoms with Crippen molar-refractivity contribution in [3.63, 3.8) is 0 Å². The molecule has 0 heterocycles. The summed E-state index contributed by atoms with van der Waals surface area (Å²) < 4.78 is 5.25. The summed E-state index contributed by atoms with van der Waals surface area (Å²) in [6.07, 6.45) is 0. The first-order valence-electron chi connectivity index (χ1n) is 7.95. The molecule has 3 nitrogen and oxygen atoms in total. The highest BCUT2D eigenvalue weighted by atomic mass is 16.5. The molecule has 1 amide bonds. The van der Waals surface area contributed by atoms with Crippen molar-refractivity contribution in [3.8, 4) is 5.75 Å². The van der Waals surface area contributed by atoms with Crippen LogP contribution in [0, 0.1) is 6.92 Å². The number of rotatable bonds is 4. The van der Waals surface area contributed by atoms with E-state index in [0.29, 0.717) is 12.1 Å². The van der Waals surface area contributed by atoms with Crippen LogP contribution in [-0.4, -0.2) is 25.0 Å². The Morgan fingerprint density at radius 1 is 0.958 bits per heavy atom. The Balaban J connectivity index is 1.78. The number of carbonyl (C=O) groups is 1. The fraction of sp³-hybridized carbons (Fsp3) is 0.190. The van der Waals surface area contributed by atoms with Gasteiger partial charge in [0.25, 0.3) is 5.91 Å². The molecule has 24 heavy (non-hydrogen) atoms. The van der Waals surface area contributed by atoms with Crippen molar-refractivity contribution in [3.05, 3.63) is 77.4 Å². The zero-order chi connectivity index (χ0) is 17.1. The lowest BCUT2D eigenvalue weighted by Crippen LogP contribution is -2.26. The van der Waals surface area contributed by atoms with E-state index in [4.69, 9.17) is 4.74 Å². The molecule has 122 valence electrons. The van der Waals surface area contributed by atoms with Gasteiger partial charge in [-0.1, -0.05) is 35.9 Å². The quantitative estimate of drug-likeness (QED) is 0.712. The summed E-state index contributed by atoms with van der Waals surface area (Å²) in [5, 5.41) is 2.27. The second-order valence-corrected chi connectivity index (χ2v) is 6.07. The molecule has 0 unspecified atom stereocenters. The summed E-state index contributed by atoms with van der Waals surface area (Å²) in [7, 11) is 3.50. The van der Waals surface area contributed by atoms with E-state index in [9.17, 15) is 4.79 Å². The molecule has 3 aromatic rings. The third-order valence-corrected chi connectivity index (χ3v) is 4.18. The zero-order valence-electron chi connectivity index (χ0n) is 14.2. The molecule has 0 aromatic heterocycles. The van der Waals surface area contributed by atoms with Gasteiger partial charge < -0.3 is 9.64 Å². The average Bonchev–Trinajstić information content (AvgIpc) is 2.61. The average molecular weight is 319 g/mol. The van der Waals surface area contributed by atoms with E-state index in [1.807, 2.05) is 56.4 Å². The first-order chi connectivity index (χ1) is 11.6. The second kappa shape index (κ2) is 6.75. The molecule has 0 atom stereocenters. The number of nitrogens with zero attached hydrogens (tertiary/aromatic N) is 1. The molecule has 0 aliphatic rings. The second-order valence-electron chi connectivity index (χ2n) is 6.07. The molecule has 0 N–H and O–H groups in total. The van der Waals surface area contributed by atoms with Gasteiger partial charge in [-0.15, -0.1) is 0 Å². The van der Waals surface area contributed by atoms with Crippen LogP contribution in [0.3, 0.4) is 0 Å². The van der Waals surface area contributed by atoms with E-state index in [1.54, 1.807) is 12.0 Å². The predicted molar refractivity (Wildman–Crippen MR) is 97.5 cm³/mol. The molecule has 0 radical (unpaired) electrons. The Kier molecular flexibility index (Phi) is 4.52. The number of aryl methyl sites for hydroxylation is 1. The summed E-state index contributed by atoms with van der Waals surface area (Å²) in [5.41, 5.74) is 2.98. The van der Waals surface area contributed by atoms with E-state index >= 15 is 0 Å². The van der Waals surface area contributed by atoms with Crippen LogP contribution in [0.1, 0.15) is 21.5 Å². The first-order valence-corrected chi connectivity index (χ1v) is 7.95. The highest BCUT2D eigenvalue weighted by Gasteiger charge is 2.12. The monoisotopic (exact) mass is 319 g/mol. The molecule has 3 rings (SSSR count). The van der Waals surface area contributed by atoms with Gasteiger partial charge in [-0.3, -0.25) is 4.79 Å². The smallest absolute Gasteiger partial charge is 0.253 e. The van der Waals surface area contributed by atoms with E-state index < -0.39 is 0 Å². The molecule has 0 aliphatic heterocycles. The van der Waals surface area contributed by atoms with Crippen molar-refractivity contribution >= 4 is 16.7 Å². The van der Waals surface area contributed by atoms with Crippen LogP contribution in [0.5, 0.6) is 5.75 Å². The van der Waals surface area contributed by atoms with Crippen LogP contribution < -0.4 is 4.74 Å². The van der Waals surface area contributed by atoms with Gasteiger partial charge in [-0.2, -0.15) is 0 Å². The van der Waals surface area contributed by atoms with Crippen molar-refractivity contribution in [2.45, 2.75) is 13.5 Å². The van der Waals surface area contributed by atoms with Crippen molar-refractivity contribution < 1.29 is 9.53 Å². The number of ether oxygens (including phenoxy) is 1. The number of methoxy groups -OCH3 is 1. The number of fused-ring (bicyclic) bond motifs is 1. The molecule has 0 saturated heterocycles. The van der Waals surface area contributed by atoms with E-state index in [0.717, 1.165) is 27.6 Å². The van der Waals surface area contributed by atoms with Gasteiger partial charge in [0.2, 0.25) is 0 Å². The Hall–Kier alpha value is -2.81. The third-order valence-electron chi connectivity index (χ3n) is 4.18. The van der Waals surface area contributed by atoms with Crippen LogP contribution >= 0.6 is 0 Å². The molecule has 0 fully saturated rings. The highest BCUT2D eigenvalue weighted by Crippen LogP contribution is 2.22. The van der Waals surface area contributed by atoms with E-state index in [-0.39, 0.29) is 5.91 Å². The molecule has 3 heteroatoms. The third kappa shape index (κ3) is 3.40. The number of amides is 1. The molecule has 3 aromatic carbocycles. The van der Waals surface area contributed by atoms with Gasteiger partial charge in [-0.05, 0) is 53.6 Å². The Morgan fingerprint density at radius 2 is 1.62 bits per heavy atom. The fourth-order valence-corrected chi connectivity index (χ4v) is 2.76. The van der Waals surface area contributed by atoms with E-state index in [1.165, 1.54) is 0 Å². The number of carbonyl (C=O) groups excluding carboxylic acids is 1. The first kappa shape index (κ1) is 16.1. The number of hydrogen-bond acceptors (Lipinski definition) is 2. The Bertz CT molecular complexity index is 869. The van der Waals surface area contributed by atoms with Crippen molar-refractivity contribution in [1.29, 1.82) is 0 Å². The summed E-state index contributed by atoms with van der Waals surface area (Å²) in [6.45, 7) is 2.59. The molecular formula is C21H21NO2. The predicted octanol–water partition coefficient (Wildman–Crippen LogP) is 4.43. The Morgan fingerprint density at radius 3 is 2.33 bits per heavy atom. The Labute approximate surface area is 142 Å². The minimum Gasteiger partial charge on any atom is -0.497 e. The normalized spacial score (nSPS) is 10.6. The molecule has 0 aliphatic carbocycles. The van der Waals surface area contributed by atoms with Crippen LogP contribution in [0.25, 0.3) is 10.8 Å². The number of hydrogen-bond donors (Lipinski definition) is 0. The van der Waals surface area contributed by atoms with E-state index in [2.05, 4.69) is 18.2 Å². The maximum Gasteiger partial charge on any atom is 0.253 e. The van der Waals surface area contributed by atoms with Crippen molar-refractivity contribution in [2.24, 2.45) is 0 Å². The van der Waals surface area contributed by atoms with Crippen LogP contribution in [-0.2, 0) is 6.54 Å². The van der Waals surface area contributed by atoms with Gasteiger partial charge in [0, 0.05) is 19.2 Å². The topological polar surface area (TPSA) is 29.5 Å². The van der Waals surface area contributed by atoms with Crippen LogP contribution in [0.2, 0.25) is 0 Å². The fourth-order valence-electron chi connectivity index (χ4n) is 2.76. The zero-order valence-corrected chi connectivity index (χ0v) is 14.2. The SMILES string of the molecule is COc1ccc2cc(CN(C)C(=O)c3ccc(C)cc3)ccc2c1. The maximum atomic E-state index is 12.5. The maximum absolute atomic E-state index is 12.5. The lowest BCUT2D eigenvalue weighted by Gasteiger charge is -2.18. The lowest BCUT2D eigenvalue weighted by molar-refractivity contribution is 0.0785. The molecule has 0 bridgehead atoms. The molecule has 0 spiro atoms. The van der Waals surface area contributed by atoms with Crippen LogP contribution in [0.4, 0.5) is 0 Å². The largest absolute Gasteiger partial charge is 0.497 e. The number of benzene rings is 3. The van der Waals surface area contributed by atoms with Crippen LogP contribution in [0.15, 0.2) is 60.7 Å². The molecule has 0 saturated carbocycles. The van der Waals surface area contributed by atoms with Gasteiger partial charge in [0.05, 0.1) is 7.11 Å². The highest BCUT2D eigenvalue weighted by molar-refractivity contribution is 5.94. The van der Waals surface area contributed by atoms with Gasteiger partial charge in [-0.25, -0.2) is 0 Å². The molecular weight excluding hydrogens is 298 g/mol. The van der Waals surface area contributed by atoms with Gasteiger partial charge >= 0.3 is 0 Å².